The van der Waals surface area contributed by atoms with Crippen molar-refractivity contribution in [2.75, 3.05) is 13.7 Å². The molecule has 0 bridgehead atoms. The molecule has 2 amide bonds. The molecule has 0 aromatic heterocycles. The van der Waals surface area contributed by atoms with Gasteiger partial charge in [0.25, 0.3) is 0 Å². The number of primary amides is 1. The fourth-order valence-electron chi connectivity index (χ4n) is 5.47. The van der Waals surface area contributed by atoms with Gasteiger partial charge in [-0.1, -0.05) is 0 Å². The van der Waals surface area contributed by atoms with Crippen LogP contribution in [0.3, 0.4) is 0 Å². The first-order valence-corrected chi connectivity index (χ1v) is 11.2. The van der Waals surface area contributed by atoms with E-state index >= 15 is 0 Å². The van der Waals surface area contributed by atoms with Gasteiger partial charge in [0.15, 0.2) is 0 Å². The number of hydrogen-bond donors (Lipinski definition) is 3. The fourth-order valence-corrected chi connectivity index (χ4v) is 5.47. The van der Waals surface area contributed by atoms with Gasteiger partial charge in [-0.05, 0) is 47.5 Å². The van der Waals surface area contributed by atoms with E-state index in [0.29, 0.717) is 19.4 Å². The van der Waals surface area contributed by atoms with Gasteiger partial charge in [-0.25, -0.2) is 4.79 Å². The van der Waals surface area contributed by atoms with Crippen molar-refractivity contribution >= 4 is 12.0 Å². The average molecular weight is 457 g/mol. The Morgan fingerprint density at radius 3 is 2.34 bits per heavy atom. The van der Waals surface area contributed by atoms with E-state index in [9.17, 15) is 14.7 Å². The highest BCUT2D eigenvalue weighted by Gasteiger charge is 2.73. The van der Waals surface area contributed by atoms with Crippen molar-refractivity contribution < 1.29 is 38.4 Å². The van der Waals surface area contributed by atoms with Gasteiger partial charge >= 0.3 is 6.09 Å². The first kappa shape index (κ1) is 23.7. The van der Waals surface area contributed by atoms with Crippen LogP contribution in [-0.4, -0.2) is 83.7 Å². The number of alkyl carbamates (subject to hydrolysis) is 1. The zero-order valence-electron chi connectivity index (χ0n) is 19.7. The molecule has 3 heterocycles. The number of aliphatic hydroxyl groups is 1. The maximum absolute atomic E-state index is 12.6. The molecule has 32 heavy (non-hydrogen) atoms. The van der Waals surface area contributed by atoms with Crippen LogP contribution in [0.5, 0.6) is 0 Å². The van der Waals surface area contributed by atoms with Gasteiger partial charge in [0.2, 0.25) is 5.91 Å². The molecule has 0 aromatic carbocycles. The summed E-state index contributed by atoms with van der Waals surface area (Å²) in [4.78, 5) is 24.3. The average Bonchev–Trinajstić information content (AvgIpc) is 3.61. The summed E-state index contributed by atoms with van der Waals surface area (Å²) < 4.78 is 29.4. The summed E-state index contributed by atoms with van der Waals surface area (Å²) in [6.45, 7) is 9.60. The number of carbonyl (C=O) groups excluding carboxylic acids is 2. The Hall–Kier alpha value is -1.46. The number of carbonyl (C=O) groups is 2. The Morgan fingerprint density at radius 1 is 1.25 bits per heavy atom. The Labute approximate surface area is 188 Å². The number of epoxide rings is 3. The zero-order chi connectivity index (χ0) is 23.7. The monoisotopic (exact) mass is 456 g/mol. The Morgan fingerprint density at radius 2 is 1.88 bits per heavy atom. The molecule has 1 saturated carbocycles. The van der Waals surface area contributed by atoms with Crippen molar-refractivity contribution in [2.45, 2.75) is 107 Å². The lowest BCUT2D eigenvalue weighted by Gasteiger charge is -2.42. The number of methoxy groups -OCH3 is 1. The van der Waals surface area contributed by atoms with Crippen molar-refractivity contribution in [3.8, 4) is 0 Å². The predicted octanol–water partition coefficient (Wildman–Crippen LogP) is 0.625. The molecule has 4 fully saturated rings. The van der Waals surface area contributed by atoms with Crippen LogP contribution in [0.1, 0.15) is 53.9 Å². The molecular formula is C22H36N2O8. The minimum Gasteiger partial charge on any atom is -0.443 e. The van der Waals surface area contributed by atoms with Crippen molar-refractivity contribution in [3.63, 3.8) is 0 Å². The van der Waals surface area contributed by atoms with E-state index in [1.165, 1.54) is 13.8 Å². The van der Waals surface area contributed by atoms with Crippen molar-refractivity contribution in [3.05, 3.63) is 0 Å². The maximum atomic E-state index is 12.6. The van der Waals surface area contributed by atoms with Crippen LogP contribution < -0.4 is 11.1 Å². The molecule has 0 radical (unpaired) electrons. The van der Waals surface area contributed by atoms with Crippen molar-refractivity contribution in [2.24, 2.45) is 11.7 Å². The number of ether oxygens (including phenoxy) is 5. The summed E-state index contributed by atoms with van der Waals surface area (Å²) in [5, 5.41) is 12.5. The Balaban J connectivity index is 1.45. The van der Waals surface area contributed by atoms with Crippen molar-refractivity contribution in [1.82, 2.24) is 5.32 Å². The quantitative estimate of drug-likeness (QED) is 0.450. The molecular weight excluding hydrogens is 420 g/mol. The van der Waals surface area contributed by atoms with E-state index in [2.05, 4.69) is 26.1 Å². The lowest BCUT2D eigenvalue weighted by atomic mass is 9.68. The van der Waals surface area contributed by atoms with E-state index < -0.39 is 41.5 Å². The van der Waals surface area contributed by atoms with Crippen LogP contribution in [0.4, 0.5) is 4.79 Å². The molecule has 3 saturated heterocycles. The first-order valence-electron chi connectivity index (χ1n) is 11.2. The summed E-state index contributed by atoms with van der Waals surface area (Å²) >= 11 is 0. The van der Waals surface area contributed by atoms with E-state index in [1.54, 1.807) is 7.11 Å². The number of nitrogens with one attached hydrogen (secondary N) is 1. The molecule has 10 heteroatoms. The second-order valence-corrected chi connectivity index (χ2v) is 10.9. The van der Waals surface area contributed by atoms with Gasteiger partial charge in [0.1, 0.15) is 29.5 Å². The standard InChI is InChI=1S/C22H36N2O8/c1-19(2,27)16(17(23)25)24-18(26)30-11-7-8-22(10-29-22)15(14(11)28-6)21(5)13(32-21)9-12-20(3,4)31-12/h11-16,27H,7-10H2,1-6H3,(H2,23,25)(H,24,26)/t11-,12+,13-,14-,15?,16+,21+,22+/m1/s1. The normalized spacial score (nSPS) is 42.8. The van der Waals surface area contributed by atoms with Gasteiger partial charge < -0.3 is 39.8 Å². The molecule has 4 rings (SSSR count). The Bertz CT molecular complexity index is 776. The lowest BCUT2D eigenvalue weighted by molar-refractivity contribution is -0.127. The van der Waals surface area contributed by atoms with Crippen LogP contribution >= 0.6 is 0 Å². The first-order chi connectivity index (χ1) is 14.7. The third-order valence-electron chi connectivity index (χ3n) is 7.60. The molecule has 182 valence electrons. The zero-order valence-corrected chi connectivity index (χ0v) is 19.7. The summed E-state index contributed by atoms with van der Waals surface area (Å²) in [7, 11) is 1.59. The largest absolute Gasteiger partial charge is 0.443 e. The second kappa shape index (κ2) is 7.53. The highest BCUT2D eigenvalue weighted by molar-refractivity contribution is 5.85. The van der Waals surface area contributed by atoms with Gasteiger partial charge in [-0.3, -0.25) is 4.79 Å². The second-order valence-electron chi connectivity index (χ2n) is 10.9. The number of nitrogens with two attached hydrogens (primary N) is 1. The molecule has 1 unspecified atom stereocenters. The van der Waals surface area contributed by atoms with E-state index in [-0.39, 0.29) is 29.3 Å². The molecule has 8 atom stereocenters. The summed E-state index contributed by atoms with van der Waals surface area (Å²) in [6.07, 6.45) is 0.383. The van der Waals surface area contributed by atoms with Crippen LogP contribution in [0.25, 0.3) is 0 Å². The third-order valence-corrected chi connectivity index (χ3v) is 7.60. The molecule has 4 N–H and O–H groups in total. The van der Waals surface area contributed by atoms with Gasteiger partial charge in [0, 0.05) is 13.5 Å². The minimum atomic E-state index is -1.53. The summed E-state index contributed by atoms with van der Waals surface area (Å²) in [5.74, 6) is -0.976. The molecule has 1 aliphatic carbocycles. The van der Waals surface area contributed by atoms with Crippen LogP contribution in [0.2, 0.25) is 0 Å². The maximum Gasteiger partial charge on any atom is 0.408 e. The lowest BCUT2D eigenvalue weighted by Crippen LogP contribution is -2.59. The van der Waals surface area contributed by atoms with E-state index in [0.717, 1.165) is 6.42 Å². The van der Waals surface area contributed by atoms with Gasteiger partial charge in [-0.15, -0.1) is 0 Å². The molecule has 1 spiro atoms. The van der Waals surface area contributed by atoms with Crippen LogP contribution in [-0.2, 0) is 28.5 Å². The van der Waals surface area contributed by atoms with Crippen molar-refractivity contribution in [1.29, 1.82) is 0 Å². The fraction of sp³-hybridized carbons (Fsp3) is 0.909. The predicted molar refractivity (Wildman–Crippen MR) is 112 cm³/mol. The molecule has 10 nitrogen and oxygen atoms in total. The van der Waals surface area contributed by atoms with Gasteiger partial charge in [0.05, 0.1) is 35.9 Å². The smallest absolute Gasteiger partial charge is 0.408 e. The van der Waals surface area contributed by atoms with Crippen LogP contribution in [0.15, 0.2) is 0 Å². The highest BCUT2D eigenvalue weighted by atomic mass is 16.6. The molecule has 0 aromatic rings. The molecule has 3 aliphatic heterocycles. The van der Waals surface area contributed by atoms with Crippen LogP contribution in [0, 0.1) is 5.92 Å². The summed E-state index contributed by atoms with van der Waals surface area (Å²) in [5.41, 5.74) is 2.87. The Kier molecular flexibility index (Phi) is 5.57. The topological polar surface area (TPSA) is 148 Å². The number of rotatable bonds is 8. The number of hydrogen-bond acceptors (Lipinski definition) is 8. The summed E-state index contributed by atoms with van der Waals surface area (Å²) in [6, 6.07) is -1.29. The number of amides is 2. The van der Waals surface area contributed by atoms with E-state index in [1.807, 2.05) is 0 Å². The van der Waals surface area contributed by atoms with Gasteiger partial charge in [-0.2, -0.15) is 0 Å². The SMILES string of the molecule is CO[C@H]1C([C@@]2(C)O[C@@H]2C[C@@H]2OC2(C)C)[C@]2(CC[C@H]1OC(=O)N[C@@H](C(N)=O)C(C)(C)O)CO2. The minimum absolute atomic E-state index is 0.0139. The highest BCUT2D eigenvalue weighted by Crippen LogP contribution is 2.60. The molecule has 4 aliphatic rings. The third kappa shape index (κ3) is 4.23. The van der Waals surface area contributed by atoms with E-state index in [4.69, 9.17) is 29.4 Å².